The zero-order valence-electron chi connectivity index (χ0n) is 11.7. The van der Waals surface area contributed by atoms with Gasteiger partial charge in [0, 0.05) is 18.8 Å². The molecule has 0 atom stereocenters. The van der Waals surface area contributed by atoms with E-state index in [2.05, 4.69) is 38.0 Å². The Morgan fingerprint density at radius 1 is 1.17 bits per heavy atom. The SMILES string of the molecule is COc1ccc(C(C)(C)C)cc1-c1ccnn1C. The largest absolute Gasteiger partial charge is 0.496 e. The molecule has 0 aliphatic heterocycles. The van der Waals surface area contributed by atoms with E-state index in [9.17, 15) is 0 Å². The number of methoxy groups -OCH3 is 1. The maximum absolute atomic E-state index is 5.45. The highest BCUT2D eigenvalue weighted by Gasteiger charge is 2.17. The molecule has 3 heteroatoms. The monoisotopic (exact) mass is 244 g/mol. The fraction of sp³-hybridized carbons (Fsp3) is 0.400. The van der Waals surface area contributed by atoms with Crippen LogP contribution in [-0.2, 0) is 12.5 Å². The molecule has 0 aliphatic rings. The van der Waals surface area contributed by atoms with Crippen LogP contribution < -0.4 is 4.74 Å². The van der Waals surface area contributed by atoms with Crippen LogP contribution in [0.3, 0.4) is 0 Å². The number of nitrogens with zero attached hydrogens (tertiary/aromatic N) is 2. The van der Waals surface area contributed by atoms with Gasteiger partial charge in [0.25, 0.3) is 0 Å². The molecule has 18 heavy (non-hydrogen) atoms. The summed E-state index contributed by atoms with van der Waals surface area (Å²) < 4.78 is 7.32. The summed E-state index contributed by atoms with van der Waals surface area (Å²) in [5.74, 6) is 0.881. The van der Waals surface area contributed by atoms with Gasteiger partial charge in [-0.15, -0.1) is 0 Å². The number of aryl methyl sites for hydroxylation is 1. The first kappa shape index (κ1) is 12.7. The van der Waals surface area contributed by atoms with E-state index in [0.29, 0.717) is 0 Å². The maximum Gasteiger partial charge on any atom is 0.128 e. The fourth-order valence-corrected chi connectivity index (χ4v) is 2.01. The molecule has 0 radical (unpaired) electrons. The minimum absolute atomic E-state index is 0.125. The molecule has 1 aromatic heterocycles. The fourth-order valence-electron chi connectivity index (χ4n) is 2.01. The topological polar surface area (TPSA) is 27.1 Å². The van der Waals surface area contributed by atoms with E-state index in [1.165, 1.54) is 5.56 Å². The Hall–Kier alpha value is -1.77. The van der Waals surface area contributed by atoms with Gasteiger partial charge in [-0.1, -0.05) is 26.8 Å². The Balaban J connectivity index is 2.61. The highest BCUT2D eigenvalue weighted by atomic mass is 16.5. The van der Waals surface area contributed by atoms with Crippen LogP contribution in [0.1, 0.15) is 26.3 Å². The number of ether oxygens (including phenoxy) is 1. The minimum atomic E-state index is 0.125. The van der Waals surface area contributed by atoms with Gasteiger partial charge in [0.15, 0.2) is 0 Å². The summed E-state index contributed by atoms with van der Waals surface area (Å²) in [5, 5.41) is 4.22. The lowest BCUT2D eigenvalue weighted by molar-refractivity contribution is 0.415. The highest BCUT2D eigenvalue weighted by molar-refractivity contribution is 5.68. The van der Waals surface area contributed by atoms with Crippen molar-refractivity contribution in [3.63, 3.8) is 0 Å². The summed E-state index contributed by atoms with van der Waals surface area (Å²) in [6.45, 7) is 6.63. The molecule has 0 spiro atoms. The van der Waals surface area contributed by atoms with Gasteiger partial charge in [-0.3, -0.25) is 4.68 Å². The van der Waals surface area contributed by atoms with E-state index in [-0.39, 0.29) is 5.41 Å². The number of hydrogen-bond acceptors (Lipinski definition) is 2. The van der Waals surface area contributed by atoms with Crippen molar-refractivity contribution in [1.29, 1.82) is 0 Å². The van der Waals surface area contributed by atoms with Gasteiger partial charge in [-0.2, -0.15) is 5.10 Å². The van der Waals surface area contributed by atoms with E-state index in [1.807, 2.05) is 23.9 Å². The smallest absolute Gasteiger partial charge is 0.128 e. The van der Waals surface area contributed by atoms with Crippen molar-refractivity contribution in [3.8, 4) is 17.0 Å². The molecule has 1 heterocycles. The molecule has 0 N–H and O–H groups in total. The lowest BCUT2D eigenvalue weighted by Crippen LogP contribution is -2.11. The van der Waals surface area contributed by atoms with E-state index in [1.54, 1.807) is 13.3 Å². The Morgan fingerprint density at radius 3 is 2.39 bits per heavy atom. The first-order chi connectivity index (χ1) is 8.43. The molecule has 0 unspecified atom stereocenters. The number of benzene rings is 1. The molecule has 0 amide bonds. The van der Waals surface area contributed by atoms with Crippen LogP contribution in [0.4, 0.5) is 0 Å². The van der Waals surface area contributed by atoms with Crippen molar-refractivity contribution in [2.75, 3.05) is 7.11 Å². The Labute approximate surface area is 108 Å². The van der Waals surface area contributed by atoms with Gasteiger partial charge >= 0.3 is 0 Å². The second-order valence-corrected chi connectivity index (χ2v) is 5.51. The zero-order valence-corrected chi connectivity index (χ0v) is 11.7. The third-order valence-corrected chi connectivity index (χ3v) is 3.16. The number of rotatable bonds is 2. The Morgan fingerprint density at radius 2 is 1.89 bits per heavy atom. The standard InChI is InChI=1S/C15H20N2O/c1-15(2,3)11-6-7-14(18-5)12(10-11)13-8-9-16-17(13)4/h6-10H,1-5H3. The summed E-state index contributed by atoms with van der Waals surface area (Å²) in [6.07, 6.45) is 1.80. The molecule has 0 aliphatic carbocycles. The van der Waals surface area contributed by atoms with Gasteiger partial charge < -0.3 is 4.74 Å². The van der Waals surface area contributed by atoms with Crippen molar-refractivity contribution in [1.82, 2.24) is 9.78 Å². The van der Waals surface area contributed by atoms with Gasteiger partial charge in [-0.25, -0.2) is 0 Å². The van der Waals surface area contributed by atoms with Crippen LogP contribution in [0.2, 0.25) is 0 Å². The molecule has 3 nitrogen and oxygen atoms in total. The molecule has 1 aromatic carbocycles. The van der Waals surface area contributed by atoms with Crippen molar-refractivity contribution >= 4 is 0 Å². The predicted molar refractivity (Wildman–Crippen MR) is 73.9 cm³/mol. The number of aromatic nitrogens is 2. The summed E-state index contributed by atoms with van der Waals surface area (Å²) in [7, 11) is 3.64. The molecule has 96 valence electrons. The number of hydrogen-bond donors (Lipinski definition) is 0. The van der Waals surface area contributed by atoms with Gasteiger partial charge in [-0.05, 0) is 29.2 Å². The lowest BCUT2D eigenvalue weighted by atomic mass is 9.85. The van der Waals surface area contributed by atoms with E-state index in [4.69, 9.17) is 4.74 Å². The van der Waals surface area contributed by atoms with E-state index < -0.39 is 0 Å². The molecular weight excluding hydrogens is 224 g/mol. The zero-order chi connectivity index (χ0) is 13.3. The van der Waals surface area contributed by atoms with Crippen LogP contribution in [0.15, 0.2) is 30.5 Å². The van der Waals surface area contributed by atoms with E-state index in [0.717, 1.165) is 17.0 Å². The maximum atomic E-state index is 5.45. The average Bonchev–Trinajstić information content (AvgIpc) is 2.73. The normalized spacial score (nSPS) is 11.6. The van der Waals surface area contributed by atoms with Crippen molar-refractivity contribution in [2.45, 2.75) is 26.2 Å². The molecule has 0 bridgehead atoms. The predicted octanol–water partition coefficient (Wildman–Crippen LogP) is 3.39. The van der Waals surface area contributed by atoms with Crippen molar-refractivity contribution in [2.24, 2.45) is 7.05 Å². The second-order valence-electron chi connectivity index (χ2n) is 5.51. The molecule has 0 fully saturated rings. The first-order valence-corrected chi connectivity index (χ1v) is 6.10. The van der Waals surface area contributed by atoms with Crippen molar-refractivity contribution < 1.29 is 4.74 Å². The molecular formula is C15H20N2O. The average molecular weight is 244 g/mol. The molecule has 0 saturated heterocycles. The van der Waals surface area contributed by atoms with Crippen LogP contribution in [0.5, 0.6) is 5.75 Å². The lowest BCUT2D eigenvalue weighted by Gasteiger charge is -2.21. The first-order valence-electron chi connectivity index (χ1n) is 6.10. The molecule has 2 rings (SSSR count). The van der Waals surface area contributed by atoms with Crippen LogP contribution >= 0.6 is 0 Å². The van der Waals surface area contributed by atoms with Gasteiger partial charge in [0.2, 0.25) is 0 Å². The third kappa shape index (κ3) is 2.26. The summed E-state index contributed by atoms with van der Waals surface area (Å²) >= 11 is 0. The van der Waals surface area contributed by atoms with Gasteiger partial charge in [0.1, 0.15) is 5.75 Å². The molecule has 0 saturated carbocycles. The van der Waals surface area contributed by atoms with Crippen LogP contribution in [0, 0.1) is 0 Å². The summed E-state index contributed by atoms with van der Waals surface area (Å²) in [5.41, 5.74) is 3.57. The van der Waals surface area contributed by atoms with E-state index >= 15 is 0 Å². The highest BCUT2D eigenvalue weighted by Crippen LogP contribution is 2.34. The quantitative estimate of drug-likeness (QED) is 0.809. The minimum Gasteiger partial charge on any atom is -0.496 e. The second kappa shape index (κ2) is 4.48. The summed E-state index contributed by atoms with van der Waals surface area (Å²) in [6, 6.07) is 8.35. The summed E-state index contributed by atoms with van der Waals surface area (Å²) in [4.78, 5) is 0. The van der Waals surface area contributed by atoms with Crippen LogP contribution in [0.25, 0.3) is 11.3 Å². The van der Waals surface area contributed by atoms with Crippen molar-refractivity contribution in [3.05, 3.63) is 36.0 Å². The third-order valence-electron chi connectivity index (χ3n) is 3.16. The Bertz CT molecular complexity index is 550. The Kier molecular flexibility index (Phi) is 3.16. The molecule has 2 aromatic rings. The van der Waals surface area contributed by atoms with Crippen LogP contribution in [-0.4, -0.2) is 16.9 Å². The van der Waals surface area contributed by atoms with Gasteiger partial charge in [0.05, 0.1) is 12.8 Å².